The zero-order valence-electron chi connectivity index (χ0n) is 32.4. The molecular weight excluding hydrogens is 711 g/mol. The van der Waals surface area contributed by atoms with E-state index in [0.29, 0.717) is 64.4 Å². The number of hydrogen-bond donors (Lipinski definition) is 1. The van der Waals surface area contributed by atoms with E-state index in [9.17, 15) is 9.90 Å². The van der Waals surface area contributed by atoms with Crippen LogP contribution >= 0.6 is 0 Å². The Morgan fingerprint density at radius 1 is 0.927 bits per heavy atom. The van der Waals surface area contributed by atoms with Crippen LogP contribution in [-0.2, 0) is 37.4 Å². The van der Waals surface area contributed by atoms with Crippen molar-refractivity contribution in [1.29, 1.82) is 0 Å². The zero-order chi connectivity index (χ0) is 38.5. The lowest BCUT2D eigenvalue weighted by molar-refractivity contribution is 0.0878. The van der Waals surface area contributed by atoms with Crippen LogP contribution in [0.3, 0.4) is 0 Å². The number of ether oxygens (including phenoxy) is 2. The van der Waals surface area contributed by atoms with Gasteiger partial charge in [0.25, 0.3) is 0 Å². The molecule has 7 rings (SSSR count). The zero-order valence-corrected chi connectivity index (χ0v) is 33.4. The topological polar surface area (TPSA) is 126 Å². The molecule has 13 nitrogen and oxygen atoms in total. The summed E-state index contributed by atoms with van der Waals surface area (Å²) in [6.07, 6.45) is 2.28. The molecule has 1 N–H and O–H groups in total. The Balaban J connectivity index is 1.29. The lowest BCUT2D eigenvalue weighted by atomic mass is 10.0. The highest BCUT2D eigenvalue weighted by Crippen LogP contribution is 2.28. The number of hydrogen-bond acceptors (Lipinski definition) is 9. The molecular formula is C41H51N9O4Si. The Kier molecular flexibility index (Phi) is 11.3. The average Bonchev–Trinajstić information content (AvgIpc) is 3.76. The van der Waals surface area contributed by atoms with Crippen LogP contribution in [-0.4, -0.2) is 92.7 Å². The third kappa shape index (κ3) is 8.76. The van der Waals surface area contributed by atoms with Gasteiger partial charge in [-0.05, 0) is 54.3 Å². The monoisotopic (exact) mass is 761 g/mol. The van der Waals surface area contributed by atoms with E-state index in [-0.39, 0.29) is 6.04 Å². The number of aromatic nitrogens is 6. The van der Waals surface area contributed by atoms with Crippen molar-refractivity contribution >= 4 is 42.7 Å². The van der Waals surface area contributed by atoms with Crippen LogP contribution in [0, 0.1) is 0 Å². The highest BCUT2D eigenvalue weighted by Gasteiger charge is 2.33. The summed E-state index contributed by atoms with van der Waals surface area (Å²) < 4.78 is 15.8. The highest BCUT2D eigenvalue weighted by atomic mass is 28.3. The van der Waals surface area contributed by atoms with Crippen LogP contribution in [0.4, 0.5) is 16.7 Å². The number of anilines is 2. The van der Waals surface area contributed by atoms with Gasteiger partial charge in [-0.3, -0.25) is 0 Å². The van der Waals surface area contributed by atoms with Gasteiger partial charge in [-0.2, -0.15) is 19.6 Å². The maximum absolute atomic E-state index is 12.4. The Hall–Kier alpha value is -5.47. The molecule has 0 saturated carbocycles. The van der Waals surface area contributed by atoms with Gasteiger partial charge in [0.1, 0.15) is 18.3 Å². The van der Waals surface area contributed by atoms with Gasteiger partial charge in [-0.15, -0.1) is 0 Å². The molecule has 1 aliphatic heterocycles. The summed E-state index contributed by atoms with van der Waals surface area (Å²) in [7, 11) is 0.392. The number of para-hydroxylation sites is 2. The molecule has 1 unspecified atom stereocenters. The molecule has 0 radical (unpaired) electrons. The number of methoxy groups -OCH3 is 1. The number of fused-ring (bicyclic) bond motifs is 2. The van der Waals surface area contributed by atoms with Gasteiger partial charge in [-0.1, -0.05) is 81.2 Å². The fourth-order valence-electron chi connectivity index (χ4n) is 7.09. The Morgan fingerprint density at radius 2 is 1.69 bits per heavy atom. The van der Waals surface area contributed by atoms with E-state index in [1.165, 1.54) is 0 Å². The van der Waals surface area contributed by atoms with Crippen LogP contribution < -0.4 is 14.5 Å². The molecule has 4 heterocycles. The Morgan fingerprint density at radius 3 is 2.42 bits per heavy atom. The number of imidazole rings is 1. The molecule has 1 atom stereocenters. The maximum Gasteiger partial charge on any atom is 0.407 e. The normalized spacial score (nSPS) is 14.9. The predicted molar refractivity (Wildman–Crippen MR) is 218 cm³/mol. The van der Waals surface area contributed by atoms with Gasteiger partial charge < -0.3 is 33.8 Å². The molecule has 288 valence electrons. The van der Waals surface area contributed by atoms with E-state index < -0.39 is 14.2 Å². The average molecular weight is 762 g/mol. The number of carbonyl (C=O) groups is 1. The first-order valence-corrected chi connectivity index (χ1v) is 22.7. The molecule has 1 amide bonds. The molecule has 0 aliphatic carbocycles. The molecule has 14 heteroatoms. The highest BCUT2D eigenvalue weighted by molar-refractivity contribution is 6.76. The second-order valence-corrected chi connectivity index (χ2v) is 21.0. The minimum atomic E-state index is -1.27. The SMILES string of the molecule is CCc1cnn2c(N(Cc3ccc(OC)cc3)Cc3nc4ccccc4n3COCC[Si](C)(C)C)nc(N3CCN(C(=O)O)C(Cc4ccccc4)C3)nc12. The number of benzene rings is 3. The molecule has 6 aromatic rings. The van der Waals surface area contributed by atoms with E-state index in [0.717, 1.165) is 57.4 Å². The van der Waals surface area contributed by atoms with Crippen LogP contribution in [0.25, 0.3) is 16.7 Å². The predicted octanol–water partition coefficient (Wildman–Crippen LogP) is 6.98. The van der Waals surface area contributed by atoms with Crippen molar-refractivity contribution in [2.75, 3.05) is 43.2 Å². The van der Waals surface area contributed by atoms with Gasteiger partial charge in [0.2, 0.25) is 11.9 Å². The number of carboxylic acid groups (broad SMARTS) is 1. The number of amides is 1. The van der Waals surface area contributed by atoms with E-state index in [1.54, 1.807) is 12.0 Å². The molecule has 55 heavy (non-hydrogen) atoms. The third-order valence-corrected chi connectivity index (χ3v) is 11.9. The second kappa shape index (κ2) is 16.5. The molecule has 1 fully saturated rings. The fraction of sp³-hybridized carbons (Fsp3) is 0.390. The van der Waals surface area contributed by atoms with Crippen LogP contribution in [0.1, 0.15) is 29.4 Å². The van der Waals surface area contributed by atoms with E-state index in [4.69, 9.17) is 29.5 Å². The second-order valence-electron chi connectivity index (χ2n) is 15.3. The Labute approximate surface area is 323 Å². The summed E-state index contributed by atoms with van der Waals surface area (Å²) >= 11 is 0. The lowest BCUT2D eigenvalue weighted by Gasteiger charge is -2.40. The molecule has 1 aliphatic rings. The number of rotatable bonds is 15. The van der Waals surface area contributed by atoms with Gasteiger partial charge in [0.15, 0.2) is 5.65 Å². The summed E-state index contributed by atoms with van der Waals surface area (Å²) in [6, 6.07) is 27.1. The van der Waals surface area contributed by atoms with Crippen LogP contribution in [0.5, 0.6) is 5.75 Å². The minimum Gasteiger partial charge on any atom is -0.497 e. The van der Waals surface area contributed by atoms with Gasteiger partial charge >= 0.3 is 6.09 Å². The van der Waals surface area contributed by atoms with Gasteiger partial charge in [0.05, 0.1) is 36.9 Å². The summed E-state index contributed by atoms with van der Waals surface area (Å²) in [4.78, 5) is 33.8. The van der Waals surface area contributed by atoms with E-state index in [1.807, 2.05) is 71.4 Å². The van der Waals surface area contributed by atoms with E-state index >= 15 is 0 Å². The molecule has 0 spiro atoms. The molecule has 3 aromatic carbocycles. The minimum absolute atomic E-state index is 0.274. The first-order valence-electron chi connectivity index (χ1n) is 19.0. The quantitative estimate of drug-likeness (QED) is 0.0866. The smallest absolute Gasteiger partial charge is 0.407 e. The molecule has 0 bridgehead atoms. The Bertz CT molecular complexity index is 2220. The number of aryl methyl sites for hydroxylation is 1. The summed E-state index contributed by atoms with van der Waals surface area (Å²) in [5.74, 6) is 2.79. The summed E-state index contributed by atoms with van der Waals surface area (Å²) in [6.45, 7) is 12.4. The first-order chi connectivity index (χ1) is 26.6. The van der Waals surface area contributed by atoms with Crippen LogP contribution in [0.15, 0.2) is 85.1 Å². The third-order valence-electron chi connectivity index (χ3n) is 10.2. The summed E-state index contributed by atoms with van der Waals surface area (Å²) in [5.41, 5.74) is 5.78. The van der Waals surface area contributed by atoms with Crippen molar-refractivity contribution in [3.63, 3.8) is 0 Å². The van der Waals surface area contributed by atoms with Crippen LogP contribution in [0.2, 0.25) is 25.7 Å². The van der Waals surface area contributed by atoms with Crippen molar-refractivity contribution in [2.24, 2.45) is 0 Å². The van der Waals surface area contributed by atoms with E-state index in [2.05, 4.69) is 59.1 Å². The standard InChI is InChI=1S/C41H51N9O4Si/c1-6-32-25-42-50-38(32)44-39(46-20-21-48(41(51)52)33(27-46)24-30-12-8-7-9-13-30)45-40(50)47(26-31-16-18-34(53-2)19-17-31)28-37-43-35-14-10-11-15-36(35)49(37)29-54-22-23-55(3,4)5/h7-19,25,33H,6,20-24,26-29H2,1-5H3,(H,51,52). The van der Waals surface area contributed by atoms with Crippen molar-refractivity contribution in [3.8, 4) is 5.75 Å². The van der Waals surface area contributed by atoms with Crippen molar-refractivity contribution in [2.45, 2.75) is 71.3 Å². The van der Waals surface area contributed by atoms with Crippen molar-refractivity contribution in [1.82, 2.24) is 34.0 Å². The van der Waals surface area contributed by atoms with Gasteiger partial charge in [0, 0.05) is 46.4 Å². The lowest BCUT2D eigenvalue weighted by Crippen LogP contribution is -2.56. The number of piperazine rings is 1. The first kappa shape index (κ1) is 37.8. The number of nitrogens with zero attached hydrogens (tertiary/aromatic N) is 9. The molecule has 1 saturated heterocycles. The summed E-state index contributed by atoms with van der Waals surface area (Å²) in [5, 5.41) is 15.0. The van der Waals surface area contributed by atoms with Crippen molar-refractivity contribution in [3.05, 3.63) is 108 Å². The maximum atomic E-state index is 12.4. The fourth-order valence-corrected chi connectivity index (χ4v) is 7.84. The largest absolute Gasteiger partial charge is 0.497 e. The van der Waals surface area contributed by atoms with Crippen molar-refractivity contribution < 1.29 is 19.4 Å². The van der Waals surface area contributed by atoms with Gasteiger partial charge in [-0.25, -0.2) is 9.78 Å². The molecule has 3 aromatic heterocycles.